The third-order valence-electron chi connectivity index (χ3n) is 5.16. The lowest BCUT2D eigenvalue weighted by molar-refractivity contribution is 0.0109. The van der Waals surface area contributed by atoms with Crippen LogP contribution in [0.1, 0.15) is 33.2 Å². The first-order valence-corrected chi connectivity index (χ1v) is 10.2. The second kappa shape index (κ2) is 7.11. The van der Waals surface area contributed by atoms with E-state index < -0.39 is 10.0 Å². The number of morpholine rings is 1. The first kappa shape index (κ1) is 17.8. The Morgan fingerprint density at radius 3 is 2.58 bits per heavy atom. The molecule has 0 amide bonds. The molecule has 3 heterocycles. The summed E-state index contributed by atoms with van der Waals surface area (Å²) in [6, 6.07) is 0.436. The van der Waals surface area contributed by atoms with Crippen LogP contribution < -0.4 is 0 Å². The number of sulfonamides is 1. The van der Waals surface area contributed by atoms with Crippen LogP contribution in [0.5, 0.6) is 0 Å². The minimum absolute atomic E-state index is 0.150. The molecule has 1 aromatic rings. The van der Waals surface area contributed by atoms with E-state index in [1.807, 2.05) is 13.8 Å². The van der Waals surface area contributed by atoms with Crippen molar-refractivity contribution in [3.8, 4) is 0 Å². The van der Waals surface area contributed by atoms with Gasteiger partial charge in [-0.25, -0.2) is 8.42 Å². The van der Waals surface area contributed by atoms with E-state index in [1.165, 1.54) is 6.20 Å². The Kier molecular flexibility index (Phi) is 5.29. The van der Waals surface area contributed by atoms with E-state index in [9.17, 15) is 8.42 Å². The van der Waals surface area contributed by atoms with Crippen molar-refractivity contribution >= 4 is 10.0 Å². The average molecular weight is 356 g/mol. The van der Waals surface area contributed by atoms with Gasteiger partial charge in [0.05, 0.1) is 19.4 Å². The summed E-state index contributed by atoms with van der Waals surface area (Å²) >= 11 is 0. The lowest BCUT2D eigenvalue weighted by Gasteiger charge is -2.34. The van der Waals surface area contributed by atoms with Crippen molar-refractivity contribution in [1.29, 1.82) is 0 Å². The SMILES string of the molecule is CCC1CN(S(=O)(=O)c2cnn(C(C)C)c2)CC1N1CCOCC1. The third-order valence-corrected chi connectivity index (χ3v) is 6.94. The largest absolute Gasteiger partial charge is 0.379 e. The Morgan fingerprint density at radius 2 is 2.00 bits per heavy atom. The molecule has 0 spiro atoms. The summed E-state index contributed by atoms with van der Waals surface area (Å²) in [7, 11) is -3.47. The van der Waals surface area contributed by atoms with Gasteiger partial charge in [-0.15, -0.1) is 0 Å². The summed E-state index contributed by atoms with van der Waals surface area (Å²) in [6.07, 6.45) is 4.10. The maximum Gasteiger partial charge on any atom is 0.246 e. The standard InChI is InChI=1S/C16H28N4O3S/c1-4-14-10-19(12-16(14)18-5-7-23-8-6-18)24(21,22)15-9-17-20(11-15)13(2)3/h9,11,13-14,16H,4-8,10,12H2,1-3H3. The van der Waals surface area contributed by atoms with Crippen molar-refractivity contribution in [3.05, 3.63) is 12.4 Å². The highest BCUT2D eigenvalue weighted by Gasteiger charge is 2.41. The smallest absolute Gasteiger partial charge is 0.246 e. The Labute approximate surface area is 144 Å². The van der Waals surface area contributed by atoms with Crippen LogP contribution in [-0.2, 0) is 14.8 Å². The zero-order valence-electron chi connectivity index (χ0n) is 14.8. The molecule has 3 rings (SSSR count). The minimum Gasteiger partial charge on any atom is -0.379 e. The molecule has 0 saturated carbocycles. The van der Waals surface area contributed by atoms with Crippen LogP contribution in [0.3, 0.4) is 0 Å². The summed E-state index contributed by atoms with van der Waals surface area (Å²) in [5.74, 6) is 0.373. The molecule has 0 N–H and O–H groups in total. The van der Waals surface area contributed by atoms with E-state index >= 15 is 0 Å². The lowest BCUT2D eigenvalue weighted by atomic mass is 9.99. The summed E-state index contributed by atoms with van der Waals surface area (Å²) in [4.78, 5) is 2.69. The molecule has 24 heavy (non-hydrogen) atoms. The van der Waals surface area contributed by atoms with Crippen molar-refractivity contribution in [2.45, 2.75) is 44.2 Å². The summed E-state index contributed by atoms with van der Waals surface area (Å²) in [5, 5.41) is 4.19. The van der Waals surface area contributed by atoms with Crippen LogP contribution in [0.2, 0.25) is 0 Å². The van der Waals surface area contributed by atoms with E-state index in [0.717, 1.165) is 32.7 Å². The summed E-state index contributed by atoms with van der Waals surface area (Å²) in [5.41, 5.74) is 0. The fraction of sp³-hybridized carbons (Fsp3) is 0.812. The highest BCUT2D eigenvalue weighted by molar-refractivity contribution is 7.89. The second-order valence-corrected chi connectivity index (χ2v) is 8.89. The van der Waals surface area contributed by atoms with E-state index in [0.29, 0.717) is 23.9 Å². The van der Waals surface area contributed by atoms with Crippen LogP contribution in [0.25, 0.3) is 0 Å². The maximum absolute atomic E-state index is 13.0. The average Bonchev–Trinajstić information content (AvgIpc) is 3.23. The van der Waals surface area contributed by atoms with Gasteiger partial charge in [-0.2, -0.15) is 9.40 Å². The molecule has 2 unspecified atom stereocenters. The molecule has 0 bridgehead atoms. The molecule has 2 fully saturated rings. The highest BCUT2D eigenvalue weighted by Crippen LogP contribution is 2.30. The highest BCUT2D eigenvalue weighted by atomic mass is 32.2. The first-order chi connectivity index (χ1) is 11.4. The molecule has 0 aromatic carbocycles. The van der Waals surface area contributed by atoms with Crippen LogP contribution >= 0.6 is 0 Å². The fourth-order valence-electron chi connectivity index (χ4n) is 3.62. The Bertz CT molecular complexity index is 652. The zero-order valence-corrected chi connectivity index (χ0v) is 15.6. The normalized spacial score (nSPS) is 27.2. The Morgan fingerprint density at radius 1 is 1.29 bits per heavy atom. The van der Waals surface area contributed by atoms with Crippen molar-refractivity contribution in [1.82, 2.24) is 19.0 Å². The topological polar surface area (TPSA) is 67.7 Å². The van der Waals surface area contributed by atoms with Gasteiger partial charge in [-0.1, -0.05) is 13.3 Å². The molecular weight excluding hydrogens is 328 g/mol. The van der Waals surface area contributed by atoms with Gasteiger partial charge in [0.15, 0.2) is 0 Å². The number of hydrogen-bond donors (Lipinski definition) is 0. The minimum atomic E-state index is -3.47. The molecule has 1 aromatic heterocycles. The van der Waals surface area contributed by atoms with E-state index in [4.69, 9.17) is 4.74 Å². The fourth-order valence-corrected chi connectivity index (χ4v) is 5.08. The molecule has 136 valence electrons. The molecule has 2 saturated heterocycles. The van der Waals surface area contributed by atoms with E-state index in [2.05, 4.69) is 16.9 Å². The summed E-state index contributed by atoms with van der Waals surface area (Å²) < 4.78 is 34.7. The molecule has 2 aliphatic heterocycles. The number of rotatable bonds is 5. The molecule has 2 atom stereocenters. The van der Waals surface area contributed by atoms with Gasteiger partial charge in [-0.05, 0) is 19.8 Å². The van der Waals surface area contributed by atoms with Crippen molar-refractivity contribution in [3.63, 3.8) is 0 Å². The predicted molar refractivity (Wildman–Crippen MR) is 91.3 cm³/mol. The summed E-state index contributed by atoms with van der Waals surface area (Å²) in [6.45, 7) is 10.5. The van der Waals surface area contributed by atoms with E-state index in [1.54, 1.807) is 15.2 Å². The molecule has 8 heteroatoms. The maximum atomic E-state index is 13.0. The molecule has 7 nitrogen and oxygen atoms in total. The van der Waals surface area contributed by atoms with Gasteiger partial charge in [0.1, 0.15) is 4.90 Å². The predicted octanol–water partition coefficient (Wildman–Crippen LogP) is 1.20. The van der Waals surface area contributed by atoms with Crippen LogP contribution in [-0.4, -0.2) is 72.8 Å². The monoisotopic (exact) mass is 356 g/mol. The zero-order chi connectivity index (χ0) is 17.3. The molecule has 0 radical (unpaired) electrons. The quantitative estimate of drug-likeness (QED) is 0.793. The van der Waals surface area contributed by atoms with Crippen LogP contribution in [0.15, 0.2) is 17.3 Å². The molecule has 2 aliphatic rings. The number of ether oxygens (including phenoxy) is 1. The van der Waals surface area contributed by atoms with Gasteiger partial charge in [0.2, 0.25) is 10.0 Å². The van der Waals surface area contributed by atoms with Gasteiger partial charge in [-0.3, -0.25) is 9.58 Å². The van der Waals surface area contributed by atoms with Crippen LogP contribution in [0, 0.1) is 5.92 Å². The second-order valence-electron chi connectivity index (χ2n) is 6.96. The molecule has 0 aliphatic carbocycles. The van der Waals surface area contributed by atoms with E-state index in [-0.39, 0.29) is 12.1 Å². The van der Waals surface area contributed by atoms with Crippen molar-refractivity contribution in [2.75, 3.05) is 39.4 Å². The van der Waals surface area contributed by atoms with Gasteiger partial charge < -0.3 is 4.74 Å². The van der Waals surface area contributed by atoms with Crippen molar-refractivity contribution < 1.29 is 13.2 Å². The number of hydrogen-bond acceptors (Lipinski definition) is 5. The Hall–Kier alpha value is -0.960. The Balaban J connectivity index is 1.78. The van der Waals surface area contributed by atoms with Gasteiger partial charge in [0.25, 0.3) is 0 Å². The third kappa shape index (κ3) is 3.37. The lowest BCUT2D eigenvalue weighted by Crippen LogP contribution is -2.47. The van der Waals surface area contributed by atoms with Gasteiger partial charge >= 0.3 is 0 Å². The number of aromatic nitrogens is 2. The molecular formula is C16H28N4O3S. The van der Waals surface area contributed by atoms with Crippen LogP contribution in [0.4, 0.5) is 0 Å². The van der Waals surface area contributed by atoms with Gasteiger partial charge in [0, 0.05) is 44.5 Å². The first-order valence-electron chi connectivity index (χ1n) is 8.79. The van der Waals surface area contributed by atoms with Crippen molar-refractivity contribution in [2.24, 2.45) is 5.92 Å². The number of nitrogens with zero attached hydrogens (tertiary/aromatic N) is 4.